The summed E-state index contributed by atoms with van der Waals surface area (Å²) in [6.07, 6.45) is 4.68. The van der Waals surface area contributed by atoms with Crippen molar-refractivity contribution in [1.82, 2.24) is 19.3 Å². The quantitative estimate of drug-likeness (QED) is 0.202. The van der Waals surface area contributed by atoms with Gasteiger partial charge in [0.05, 0.1) is 18.5 Å². The first kappa shape index (κ1) is 24.6. The second kappa shape index (κ2) is 10.9. The number of benzene rings is 2. The van der Waals surface area contributed by atoms with Gasteiger partial charge in [-0.25, -0.2) is 0 Å². The number of nitrogens with zero attached hydrogens (tertiary/aromatic N) is 5. The normalized spacial score (nSPS) is 14.5. The van der Waals surface area contributed by atoms with Gasteiger partial charge in [-0.3, -0.25) is 14.4 Å². The maximum Gasteiger partial charge on any atom is 0.305 e. The van der Waals surface area contributed by atoms with Gasteiger partial charge < -0.3 is 9.30 Å². The van der Waals surface area contributed by atoms with Gasteiger partial charge in [-0.2, -0.15) is 0 Å². The molecule has 184 valence electrons. The van der Waals surface area contributed by atoms with Crippen LogP contribution in [0.25, 0.3) is 5.69 Å². The minimum Gasteiger partial charge on any atom is -0.469 e. The van der Waals surface area contributed by atoms with Crippen LogP contribution in [0.4, 0.5) is 0 Å². The Balaban J connectivity index is 1.61. The fraction of sp³-hybridized carbons (Fsp3) is 0.231. The average Bonchev–Trinajstić information content (AvgIpc) is 3.53. The van der Waals surface area contributed by atoms with E-state index in [1.165, 1.54) is 7.11 Å². The van der Waals surface area contributed by atoms with Crippen molar-refractivity contribution in [2.45, 2.75) is 30.6 Å². The van der Waals surface area contributed by atoms with Gasteiger partial charge in [-0.15, -0.1) is 10.2 Å². The number of hydrogen-bond donors (Lipinski definition) is 0. The number of rotatable bonds is 8. The smallest absolute Gasteiger partial charge is 0.305 e. The summed E-state index contributed by atoms with van der Waals surface area (Å²) in [7, 11) is 1.38. The number of fused-ring (bicyclic) bond motifs is 3. The Morgan fingerprint density at radius 2 is 1.86 bits per heavy atom. The van der Waals surface area contributed by atoms with Gasteiger partial charge in [0, 0.05) is 52.3 Å². The fourth-order valence-corrected chi connectivity index (χ4v) is 5.47. The van der Waals surface area contributed by atoms with Gasteiger partial charge in [0.2, 0.25) is 0 Å². The zero-order chi connectivity index (χ0) is 25.1. The summed E-state index contributed by atoms with van der Waals surface area (Å²) in [5, 5.41) is 11.0. The van der Waals surface area contributed by atoms with Crippen molar-refractivity contribution in [3.8, 4) is 5.69 Å². The molecule has 10 heteroatoms. The van der Waals surface area contributed by atoms with Crippen LogP contribution in [0.15, 0.2) is 77.1 Å². The molecular weight excluding hydrogens is 517 g/mol. The number of aromatic nitrogens is 4. The third-order valence-corrected chi connectivity index (χ3v) is 7.40. The number of hydrogen-bond acceptors (Lipinski definition) is 6. The largest absolute Gasteiger partial charge is 0.469 e. The number of halogens is 2. The molecule has 2 aromatic heterocycles. The number of methoxy groups -OCH3 is 1. The SMILES string of the molecule is COC(=O)CC[C@@H]1N=C(c2ccccc2Cl)c2cc(Cl)ccc2-n2c(SCCn3cccc3)nnc21. The Labute approximate surface area is 223 Å². The molecule has 1 aliphatic rings. The van der Waals surface area contributed by atoms with Gasteiger partial charge in [-0.05, 0) is 42.8 Å². The Morgan fingerprint density at radius 1 is 1.06 bits per heavy atom. The Kier molecular flexibility index (Phi) is 7.46. The molecule has 3 heterocycles. The standard InChI is InChI=1S/C26H23Cl2N5O2S/c1-35-23(34)11-9-21-25-30-31-26(36-15-14-32-12-4-5-13-32)33(25)22-10-8-17(27)16-19(22)24(29-21)18-6-2-3-7-20(18)28/h2-8,10,12-13,16,21H,9,11,14-15H2,1H3/t21-/m0/s1. The first-order chi connectivity index (χ1) is 17.5. The molecule has 1 aliphatic heterocycles. The third-order valence-electron chi connectivity index (χ3n) is 5.92. The van der Waals surface area contributed by atoms with Crippen LogP contribution in [-0.2, 0) is 16.1 Å². The number of ether oxygens (including phenoxy) is 1. The van der Waals surface area contributed by atoms with E-state index in [0.717, 1.165) is 34.3 Å². The summed E-state index contributed by atoms with van der Waals surface area (Å²) in [6, 6.07) is 16.8. The van der Waals surface area contributed by atoms with Crippen LogP contribution in [-0.4, -0.2) is 43.9 Å². The maximum atomic E-state index is 12.0. The molecule has 0 radical (unpaired) electrons. The molecule has 0 fully saturated rings. The van der Waals surface area contributed by atoms with E-state index in [4.69, 9.17) is 32.9 Å². The van der Waals surface area contributed by atoms with Crippen molar-refractivity contribution in [2.24, 2.45) is 4.99 Å². The summed E-state index contributed by atoms with van der Waals surface area (Å²) in [5.74, 6) is 1.16. The lowest BCUT2D eigenvalue weighted by Gasteiger charge is -2.14. The van der Waals surface area contributed by atoms with Crippen LogP contribution in [0, 0.1) is 0 Å². The van der Waals surface area contributed by atoms with Crippen LogP contribution in [0.3, 0.4) is 0 Å². The minimum absolute atomic E-state index is 0.195. The number of esters is 1. The van der Waals surface area contributed by atoms with E-state index in [9.17, 15) is 4.79 Å². The molecule has 0 bridgehead atoms. The molecule has 0 saturated heterocycles. The highest BCUT2D eigenvalue weighted by atomic mass is 35.5. The van der Waals surface area contributed by atoms with Crippen LogP contribution < -0.4 is 0 Å². The van der Waals surface area contributed by atoms with E-state index < -0.39 is 6.04 Å². The molecule has 0 amide bonds. The van der Waals surface area contributed by atoms with Gasteiger partial charge in [0.1, 0.15) is 6.04 Å². The molecule has 1 atom stereocenters. The highest BCUT2D eigenvalue weighted by molar-refractivity contribution is 7.99. The number of thioether (sulfide) groups is 1. The maximum absolute atomic E-state index is 12.0. The molecule has 2 aromatic carbocycles. The molecule has 0 aliphatic carbocycles. The molecule has 36 heavy (non-hydrogen) atoms. The third kappa shape index (κ3) is 5.07. The van der Waals surface area contributed by atoms with E-state index in [2.05, 4.69) is 14.8 Å². The molecule has 0 spiro atoms. The Morgan fingerprint density at radius 3 is 2.64 bits per heavy atom. The number of aryl methyl sites for hydroxylation is 1. The topological polar surface area (TPSA) is 74.3 Å². The highest BCUT2D eigenvalue weighted by Crippen LogP contribution is 2.37. The van der Waals surface area contributed by atoms with E-state index in [1.807, 2.05) is 71.6 Å². The van der Waals surface area contributed by atoms with Crippen molar-refractivity contribution in [1.29, 1.82) is 0 Å². The lowest BCUT2D eigenvalue weighted by molar-refractivity contribution is -0.140. The molecule has 7 nitrogen and oxygen atoms in total. The van der Waals surface area contributed by atoms with Crippen LogP contribution >= 0.6 is 35.0 Å². The van der Waals surface area contributed by atoms with Crippen LogP contribution in [0.5, 0.6) is 0 Å². The summed E-state index contributed by atoms with van der Waals surface area (Å²) in [5.41, 5.74) is 3.17. The first-order valence-corrected chi connectivity index (χ1v) is 13.2. The van der Waals surface area contributed by atoms with Crippen molar-refractivity contribution in [3.05, 3.63) is 94.0 Å². The fourth-order valence-electron chi connectivity index (χ4n) is 4.17. The van der Waals surface area contributed by atoms with Crippen LogP contribution in [0.1, 0.15) is 35.8 Å². The van der Waals surface area contributed by atoms with Crippen molar-refractivity contribution >= 4 is 46.6 Å². The molecule has 0 saturated carbocycles. The first-order valence-electron chi connectivity index (χ1n) is 11.4. The van der Waals surface area contributed by atoms with E-state index in [-0.39, 0.29) is 12.4 Å². The molecule has 5 rings (SSSR count). The second-order valence-corrected chi connectivity index (χ2v) is 10.1. The number of carbonyl (C=O) groups excluding carboxylic acids is 1. The van der Waals surface area contributed by atoms with Crippen molar-refractivity contribution in [2.75, 3.05) is 12.9 Å². The van der Waals surface area contributed by atoms with Gasteiger partial charge >= 0.3 is 5.97 Å². The van der Waals surface area contributed by atoms with Crippen molar-refractivity contribution in [3.63, 3.8) is 0 Å². The zero-order valence-corrected chi connectivity index (χ0v) is 21.8. The van der Waals surface area contributed by atoms with E-state index in [0.29, 0.717) is 28.0 Å². The molecular formula is C26H23Cl2N5O2S. The van der Waals surface area contributed by atoms with Gasteiger partial charge in [0.15, 0.2) is 11.0 Å². The lowest BCUT2D eigenvalue weighted by atomic mass is 10.00. The van der Waals surface area contributed by atoms with Crippen LogP contribution in [0.2, 0.25) is 10.0 Å². The Bertz CT molecular complexity index is 1420. The summed E-state index contributed by atoms with van der Waals surface area (Å²) in [4.78, 5) is 17.1. The lowest BCUT2D eigenvalue weighted by Crippen LogP contribution is -2.09. The predicted molar refractivity (Wildman–Crippen MR) is 143 cm³/mol. The summed E-state index contributed by atoms with van der Waals surface area (Å²) < 4.78 is 9.04. The average molecular weight is 540 g/mol. The van der Waals surface area contributed by atoms with Gasteiger partial charge in [-0.1, -0.05) is 53.2 Å². The second-order valence-electron chi connectivity index (χ2n) is 8.20. The molecule has 0 unspecified atom stereocenters. The highest BCUT2D eigenvalue weighted by Gasteiger charge is 2.30. The number of aliphatic imine (C=N–C) groups is 1. The van der Waals surface area contributed by atoms with Gasteiger partial charge in [0.25, 0.3) is 0 Å². The predicted octanol–water partition coefficient (Wildman–Crippen LogP) is 6.01. The minimum atomic E-state index is -0.437. The summed E-state index contributed by atoms with van der Waals surface area (Å²) >= 11 is 14.7. The number of carbonyl (C=O) groups is 1. The monoisotopic (exact) mass is 539 g/mol. The van der Waals surface area contributed by atoms with Crippen molar-refractivity contribution < 1.29 is 9.53 Å². The summed E-state index contributed by atoms with van der Waals surface area (Å²) in [6.45, 7) is 0.834. The molecule has 0 N–H and O–H groups in total. The van der Waals surface area contributed by atoms with E-state index in [1.54, 1.807) is 11.8 Å². The van der Waals surface area contributed by atoms with E-state index >= 15 is 0 Å². The Hall–Kier alpha value is -3.07. The molecule has 4 aromatic rings. The zero-order valence-electron chi connectivity index (χ0n) is 19.5.